The smallest absolute Gasteiger partial charge is 0.280 e. The summed E-state index contributed by atoms with van der Waals surface area (Å²) in [6, 6.07) is 25.5. The largest absolute Gasteiger partial charge is 0.490 e. The molecule has 0 spiro atoms. The molecule has 0 bridgehead atoms. The van der Waals surface area contributed by atoms with Crippen LogP contribution in [0.15, 0.2) is 89.5 Å². The van der Waals surface area contributed by atoms with Crippen LogP contribution < -0.4 is 14.5 Å². The van der Waals surface area contributed by atoms with E-state index in [0.29, 0.717) is 30.2 Å². The molecule has 1 aliphatic heterocycles. The maximum absolute atomic E-state index is 13.0. The van der Waals surface area contributed by atoms with Gasteiger partial charge in [0.25, 0.3) is 5.91 Å². The molecular formula is C31H34N2O3. The van der Waals surface area contributed by atoms with Crippen LogP contribution in [0.5, 0.6) is 11.5 Å². The van der Waals surface area contributed by atoms with E-state index in [1.54, 1.807) is 0 Å². The number of para-hydroxylation sites is 2. The van der Waals surface area contributed by atoms with Crippen LogP contribution in [0.1, 0.15) is 50.7 Å². The first-order chi connectivity index (χ1) is 17.7. The zero-order chi connectivity index (χ0) is 25.2. The number of hydrazone groups is 1. The summed E-state index contributed by atoms with van der Waals surface area (Å²) in [6.07, 6.45) is 8.05. The lowest BCUT2D eigenvalue weighted by molar-refractivity contribution is -0.114. The third-order valence-electron chi connectivity index (χ3n) is 6.13. The number of ether oxygens (including phenoxy) is 2. The van der Waals surface area contributed by atoms with Crippen molar-refractivity contribution in [1.29, 1.82) is 0 Å². The second-order valence-electron chi connectivity index (χ2n) is 8.89. The normalized spacial score (nSPS) is 14.3. The third kappa shape index (κ3) is 6.63. The number of rotatable bonds is 12. The Kier molecular flexibility index (Phi) is 8.92. The highest BCUT2D eigenvalue weighted by Crippen LogP contribution is 2.27. The van der Waals surface area contributed by atoms with E-state index in [-0.39, 0.29) is 5.91 Å². The summed E-state index contributed by atoms with van der Waals surface area (Å²) in [5.41, 5.74) is 4.16. The van der Waals surface area contributed by atoms with Crippen LogP contribution >= 0.6 is 0 Å². The molecule has 5 nitrogen and oxygen atoms in total. The summed E-state index contributed by atoms with van der Waals surface area (Å²) in [4.78, 5) is 13.0. The predicted molar refractivity (Wildman–Crippen MR) is 147 cm³/mol. The first-order valence-corrected chi connectivity index (χ1v) is 12.8. The maximum Gasteiger partial charge on any atom is 0.280 e. The van der Waals surface area contributed by atoms with Crippen LogP contribution in [-0.4, -0.2) is 24.8 Å². The lowest BCUT2D eigenvalue weighted by Crippen LogP contribution is -2.21. The second kappa shape index (κ2) is 12.7. The topological polar surface area (TPSA) is 51.1 Å². The van der Waals surface area contributed by atoms with E-state index in [1.807, 2.05) is 79.7 Å². The molecule has 0 atom stereocenters. The summed E-state index contributed by atoms with van der Waals surface area (Å²) >= 11 is 0. The minimum atomic E-state index is -0.148. The van der Waals surface area contributed by atoms with Gasteiger partial charge in [-0.2, -0.15) is 10.1 Å². The summed E-state index contributed by atoms with van der Waals surface area (Å²) in [5.74, 6) is 1.40. The fraction of sp³-hybridized carbons (Fsp3) is 0.290. The fourth-order valence-electron chi connectivity index (χ4n) is 4.13. The van der Waals surface area contributed by atoms with Crippen molar-refractivity contribution in [3.8, 4) is 11.5 Å². The summed E-state index contributed by atoms with van der Waals surface area (Å²) in [6.45, 7) is 4.91. The van der Waals surface area contributed by atoms with E-state index in [2.05, 4.69) is 24.2 Å². The molecule has 0 fully saturated rings. The first kappa shape index (κ1) is 25.2. The van der Waals surface area contributed by atoms with Gasteiger partial charge in [-0.3, -0.25) is 4.79 Å². The van der Waals surface area contributed by atoms with Gasteiger partial charge >= 0.3 is 0 Å². The number of anilines is 1. The van der Waals surface area contributed by atoms with Gasteiger partial charge in [0.2, 0.25) is 0 Å². The van der Waals surface area contributed by atoms with Gasteiger partial charge in [0, 0.05) is 5.56 Å². The number of carbonyl (C=O) groups excluding carboxylic acids is 1. The molecule has 1 amide bonds. The van der Waals surface area contributed by atoms with E-state index in [9.17, 15) is 4.79 Å². The molecule has 3 aromatic carbocycles. The average Bonchev–Trinajstić information content (AvgIpc) is 3.19. The molecule has 0 N–H and O–H groups in total. The van der Waals surface area contributed by atoms with Crippen molar-refractivity contribution in [1.82, 2.24) is 0 Å². The highest BCUT2D eigenvalue weighted by Gasteiger charge is 2.28. The number of amides is 1. The van der Waals surface area contributed by atoms with E-state index in [0.717, 1.165) is 23.4 Å². The van der Waals surface area contributed by atoms with Crippen molar-refractivity contribution < 1.29 is 14.3 Å². The van der Waals surface area contributed by atoms with E-state index >= 15 is 0 Å². The molecule has 0 saturated heterocycles. The van der Waals surface area contributed by atoms with Gasteiger partial charge in [-0.25, -0.2) is 0 Å². The maximum atomic E-state index is 13.0. The Bertz CT molecular complexity index is 1200. The zero-order valence-electron chi connectivity index (χ0n) is 21.2. The van der Waals surface area contributed by atoms with Crippen molar-refractivity contribution in [3.05, 3.63) is 95.6 Å². The van der Waals surface area contributed by atoms with Crippen LogP contribution in [0.25, 0.3) is 6.08 Å². The van der Waals surface area contributed by atoms with Gasteiger partial charge in [0.1, 0.15) is 24.7 Å². The zero-order valence-corrected chi connectivity index (χ0v) is 21.2. The number of hydrogen-bond donors (Lipinski definition) is 0. The average molecular weight is 483 g/mol. The molecule has 0 saturated carbocycles. The van der Waals surface area contributed by atoms with Crippen LogP contribution in [-0.2, 0) is 11.2 Å². The Hall–Kier alpha value is -3.86. The summed E-state index contributed by atoms with van der Waals surface area (Å²) < 4.78 is 11.9. The molecule has 3 aromatic rings. The number of hydrogen-bond acceptors (Lipinski definition) is 4. The monoisotopic (exact) mass is 482 g/mol. The Morgan fingerprint density at radius 3 is 2.33 bits per heavy atom. The highest BCUT2D eigenvalue weighted by molar-refractivity contribution is 6.32. The number of nitrogens with zero attached hydrogens (tertiary/aromatic N) is 2. The lowest BCUT2D eigenvalue weighted by Gasteiger charge is -2.12. The van der Waals surface area contributed by atoms with Gasteiger partial charge in [-0.05, 0) is 61.7 Å². The van der Waals surface area contributed by atoms with Gasteiger partial charge in [0.15, 0.2) is 0 Å². The molecule has 0 aliphatic carbocycles. The molecule has 0 unspecified atom stereocenters. The van der Waals surface area contributed by atoms with Crippen molar-refractivity contribution in [3.63, 3.8) is 0 Å². The van der Waals surface area contributed by atoms with E-state index in [4.69, 9.17) is 9.47 Å². The Labute approximate surface area is 214 Å². The van der Waals surface area contributed by atoms with Gasteiger partial charge in [0.05, 0.1) is 17.0 Å². The summed E-state index contributed by atoms with van der Waals surface area (Å²) in [5, 5.41) is 5.90. The molecule has 5 heteroatoms. The highest BCUT2D eigenvalue weighted by atomic mass is 16.5. The number of unbranched alkanes of at least 4 members (excludes halogenated alkanes) is 3. The molecule has 1 aliphatic rings. The standard InChI is InChI=1S/C31H34N2O3/c1-3-4-5-7-12-25-17-19-28(20-18-25)35-21-22-36-30-16-11-10-13-26(30)23-29-24(2)32-33(31(29)34)27-14-8-6-9-15-27/h6,8-11,13-20,23H,3-5,7,12,21-22H2,1-2H3/b29-23+. The lowest BCUT2D eigenvalue weighted by atomic mass is 10.1. The molecule has 0 radical (unpaired) electrons. The van der Waals surface area contributed by atoms with Crippen LogP contribution in [0, 0.1) is 0 Å². The molecule has 186 valence electrons. The van der Waals surface area contributed by atoms with Crippen LogP contribution in [0.3, 0.4) is 0 Å². The number of carbonyl (C=O) groups is 1. The number of aryl methyl sites for hydroxylation is 1. The molecule has 0 aromatic heterocycles. The fourth-order valence-corrected chi connectivity index (χ4v) is 4.13. The third-order valence-corrected chi connectivity index (χ3v) is 6.13. The van der Waals surface area contributed by atoms with Crippen LogP contribution in [0.2, 0.25) is 0 Å². The van der Waals surface area contributed by atoms with Crippen molar-refractivity contribution in [2.75, 3.05) is 18.2 Å². The Morgan fingerprint density at radius 2 is 1.56 bits per heavy atom. The van der Waals surface area contributed by atoms with Crippen molar-refractivity contribution in [2.45, 2.75) is 46.0 Å². The van der Waals surface area contributed by atoms with E-state index < -0.39 is 0 Å². The Morgan fingerprint density at radius 1 is 0.833 bits per heavy atom. The molecule has 36 heavy (non-hydrogen) atoms. The number of benzene rings is 3. The van der Waals surface area contributed by atoms with Gasteiger partial charge in [-0.1, -0.05) is 74.7 Å². The predicted octanol–water partition coefficient (Wildman–Crippen LogP) is 7.07. The summed E-state index contributed by atoms with van der Waals surface area (Å²) in [7, 11) is 0. The molecule has 1 heterocycles. The SMILES string of the molecule is CCCCCCc1ccc(OCCOc2ccccc2/C=C2/C(=O)N(c3ccccc3)N=C2C)cc1. The van der Waals surface area contributed by atoms with E-state index in [1.165, 1.54) is 36.3 Å². The minimum Gasteiger partial charge on any atom is -0.490 e. The van der Waals surface area contributed by atoms with Crippen LogP contribution in [0.4, 0.5) is 5.69 Å². The van der Waals surface area contributed by atoms with Gasteiger partial charge in [-0.15, -0.1) is 0 Å². The van der Waals surface area contributed by atoms with Crippen molar-refractivity contribution >= 4 is 23.4 Å². The Balaban J connectivity index is 1.32. The second-order valence-corrected chi connectivity index (χ2v) is 8.89. The molecular weight excluding hydrogens is 448 g/mol. The minimum absolute atomic E-state index is 0.148. The quantitative estimate of drug-likeness (QED) is 0.205. The molecule has 4 rings (SSSR count). The first-order valence-electron chi connectivity index (χ1n) is 12.8. The van der Waals surface area contributed by atoms with Gasteiger partial charge < -0.3 is 9.47 Å². The van der Waals surface area contributed by atoms with Crippen molar-refractivity contribution in [2.24, 2.45) is 5.10 Å².